The number of carbonyl (C=O) groups excluding carboxylic acids is 3. The number of benzene rings is 1. The molecule has 1 saturated heterocycles. The number of hydrogen-bond donors (Lipinski definition) is 2. The number of nitrogens with zero attached hydrogens (tertiary/aromatic N) is 1. The fraction of sp³-hybridized carbons (Fsp3) is 0.643. The molecule has 0 radical (unpaired) electrons. The van der Waals surface area contributed by atoms with Gasteiger partial charge in [0.15, 0.2) is 5.11 Å². The summed E-state index contributed by atoms with van der Waals surface area (Å²) in [7, 11) is 0. The van der Waals surface area contributed by atoms with Gasteiger partial charge in [0, 0.05) is 19.5 Å². The van der Waals surface area contributed by atoms with E-state index in [1.165, 1.54) is 44.9 Å². The number of nitrogens with one attached hydrogen (secondary N) is 2. The lowest BCUT2D eigenvalue weighted by molar-refractivity contribution is -0.147. The standard InChI is InChI=1S/C28H43N3O4S/c1-2-3-4-5-6-7-8-9-10-14-21-35-26(33)22-24-27(34)29-19-20-31(24)28(36)30-25(32)18-17-23-15-12-11-13-16-23/h11-13,15-16,24H,2-10,14,17-22H2,1H3,(H,29,34)(H,30,32,36). The van der Waals surface area contributed by atoms with Gasteiger partial charge in [-0.3, -0.25) is 14.4 Å². The average Bonchev–Trinajstić information content (AvgIpc) is 2.87. The molecule has 7 nitrogen and oxygen atoms in total. The first kappa shape index (κ1) is 29.7. The van der Waals surface area contributed by atoms with Crippen LogP contribution in [-0.2, 0) is 25.5 Å². The lowest BCUT2D eigenvalue weighted by atomic mass is 10.1. The summed E-state index contributed by atoms with van der Waals surface area (Å²) >= 11 is 5.41. The lowest BCUT2D eigenvalue weighted by Gasteiger charge is -2.36. The third kappa shape index (κ3) is 12.0. The third-order valence-electron chi connectivity index (χ3n) is 6.44. The number of unbranched alkanes of at least 4 members (excludes halogenated alkanes) is 9. The molecular formula is C28H43N3O4S. The number of carbonyl (C=O) groups is 3. The van der Waals surface area contributed by atoms with Gasteiger partial charge in [0.2, 0.25) is 11.8 Å². The van der Waals surface area contributed by atoms with Crippen LogP contribution in [0.2, 0.25) is 0 Å². The summed E-state index contributed by atoms with van der Waals surface area (Å²) in [5, 5.41) is 5.67. The van der Waals surface area contributed by atoms with Gasteiger partial charge in [-0.25, -0.2) is 0 Å². The van der Waals surface area contributed by atoms with Crippen molar-refractivity contribution in [3.8, 4) is 0 Å². The Labute approximate surface area is 221 Å². The van der Waals surface area contributed by atoms with Crippen molar-refractivity contribution < 1.29 is 19.1 Å². The van der Waals surface area contributed by atoms with Crippen molar-refractivity contribution in [2.45, 2.75) is 96.4 Å². The van der Waals surface area contributed by atoms with E-state index in [4.69, 9.17) is 17.0 Å². The van der Waals surface area contributed by atoms with Crippen molar-refractivity contribution in [2.24, 2.45) is 0 Å². The van der Waals surface area contributed by atoms with E-state index in [1.54, 1.807) is 4.90 Å². The number of amides is 2. The fourth-order valence-corrected chi connectivity index (χ4v) is 4.64. The van der Waals surface area contributed by atoms with E-state index in [-0.39, 0.29) is 29.8 Å². The number of ether oxygens (including phenoxy) is 1. The Morgan fingerprint density at radius 2 is 1.67 bits per heavy atom. The van der Waals surface area contributed by atoms with Crippen LogP contribution >= 0.6 is 12.2 Å². The van der Waals surface area contributed by atoms with E-state index in [2.05, 4.69) is 17.6 Å². The Bertz CT molecular complexity index is 818. The minimum Gasteiger partial charge on any atom is -0.466 e. The van der Waals surface area contributed by atoms with Crippen molar-refractivity contribution in [1.82, 2.24) is 15.5 Å². The molecule has 0 aromatic heterocycles. The van der Waals surface area contributed by atoms with Gasteiger partial charge in [0.05, 0.1) is 13.0 Å². The largest absolute Gasteiger partial charge is 0.466 e. The minimum absolute atomic E-state index is 0.0936. The van der Waals surface area contributed by atoms with Gasteiger partial charge < -0.3 is 20.3 Å². The molecule has 1 heterocycles. The molecule has 1 atom stereocenters. The molecule has 0 bridgehead atoms. The zero-order valence-corrected chi connectivity index (χ0v) is 22.6. The quantitative estimate of drug-likeness (QED) is 0.188. The number of hydrogen-bond acceptors (Lipinski definition) is 5. The number of piperazine rings is 1. The molecule has 1 aliphatic heterocycles. The number of thiocarbonyl (C=S) groups is 1. The average molecular weight is 518 g/mol. The summed E-state index contributed by atoms with van der Waals surface area (Å²) in [4.78, 5) is 38.9. The van der Waals surface area contributed by atoms with Crippen LogP contribution in [0.15, 0.2) is 30.3 Å². The molecule has 200 valence electrons. The molecule has 1 fully saturated rings. The molecule has 8 heteroatoms. The lowest BCUT2D eigenvalue weighted by Crippen LogP contribution is -2.60. The van der Waals surface area contributed by atoms with E-state index in [1.807, 2.05) is 30.3 Å². The summed E-state index contributed by atoms with van der Waals surface area (Å²) in [5.41, 5.74) is 1.07. The highest BCUT2D eigenvalue weighted by molar-refractivity contribution is 7.80. The van der Waals surface area contributed by atoms with Crippen molar-refractivity contribution in [1.29, 1.82) is 0 Å². The molecular weight excluding hydrogens is 474 g/mol. The van der Waals surface area contributed by atoms with Crippen molar-refractivity contribution in [3.05, 3.63) is 35.9 Å². The minimum atomic E-state index is -0.777. The van der Waals surface area contributed by atoms with Gasteiger partial charge in [-0.05, 0) is 30.6 Å². The predicted molar refractivity (Wildman–Crippen MR) is 146 cm³/mol. The Hall–Kier alpha value is -2.48. The maximum Gasteiger partial charge on any atom is 0.308 e. The molecule has 0 spiro atoms. The molecule has 1 aromatic carbocycles. The summed E-state index contributed by atoms with van der Waals surface area (Å²) in [6, 6.07) is 8.97. The third-order valence-corrected chi connectivity index (χ3v) is 6.78. The smallest absolute Gasteiger partial charge is 0.308 e. The molecule has 2 N–H and O–H groups in total. The van der Waals surface area contributed by atoms with Crippen molar-refractivity contribution in [2.75, 3.05) is 19.7 Å². The first-order valence-electron chi connectivity index (χ1n) is 13.6. The molecule has 1 aromatic rings. The van der Waals surface area contributed by atoms with Gasteiger partial charge in [-0.1, -0.05) is 95.0 Å². The summed E-state index contributed by atoms with van der Waals surface area (Å²) in [6.45, 7) is 3.43. The van der Waals surface area contributed by atoms with Crippen LogP contribution in [0.25, 0.3) is 0 Å². The van der Waals surface area contributed by atoms with Gasteiger partial charge in [-0.15, -0.1) is 0 Å². The van der Waals surface area contributed by atoms with Crippen LogP contribution in [0.3, 0.4) is 0 Å². The first-order chi connectivity index (χ1) is 17.5. The Morgan fingerprint density at radius 1 is 1.03 bits per heavy atom. The molecule has 1 unspecified atom stereocenters. The molecule has 2 rings (SSSR count). The Balaban J connectivity index is 1.65. The number of aryl methyl sites for hydroxylation is 1. The number of rotatable bonds is 16. The zero-order chi connectivity index (χ0) is 26.0. The second-order valence-electron chi connectivity index (χ2n) is 9.45. The fourth-order valence-electron chi connectivity index (χ4n) is 4.31. The SMILES string of the molecule is CCCCCCCCCCCCOC(=O)CC1C(=O)NCCN1C(=S)NC(=O)CCc1ccccc1. The van der Waals surface area contributed by atoms with Crippen molar-refractivity contribution in [3.63, 3.8) is 0 Å². The second-order valence-corrected chi connectivity index (χ2v) is 9.83. The summed E-state index contributed by atoms with van der Waals surface area (Å²) in [5.74, 6) is -0.911. The predicted octanol–water partition coefficient (Wildman–Crippen LogP) is 4.67. The maximum atomic E-state index is 12.5. The van der Waals surface area contributed by atoms with Crippen LogP contribution in [0.4, 0.5) is 0 Å². The van der Waals surface area contributed by atoms with Gasteiger partial charge in [-0.2, -0.15) is 0 Å². The van der Waals surface area contributed by atoms with E-state index < -0.39 is 12.0 Å². The number of esters is 1. The topological polar surface area (TPSA) is 87.7 Å². The van der Waals surface area contributed by atoms with Gasteiger partial charge in [0.1, 0.15) is 6.04 Å². The van der Waals surface area contributed by atoms with E-state index in [0.717, 1.165) is 24.8 Å². The maximum absolute atomic E-state index is 12.5. The van der Waals surface area contributed by atoms with E-state index >= 15 is 0 Å². The molecule has 1 aliphatic rings. The normalized spacial score (nSPS) is 15.3. The Morgan fingerprint density at radius 3 is 2.33 bits per heavy atom. The monoisotopic (exact) mass is 517 g/mol. The zero-order valence-electron chi connectivity index (χ0n) is 21.8. The van der Waals surface area contributed by atoms with Crippen LogP contribution < -0.4 is 10.6 Å². The van der Waals surface area contributed by atoms with E-state index in [0.29, 0.717) is 26.1 Å². The van der Waals surface area contributed by atoms with Crippen LogP contribution in [-0.4, -0.2) is 53.5 Å². The Kier molecular flexibility index (Phi) is 14.8. The first-order valence-corrected chi connectivity index (χ1v) is 14.0. The highest BCUT2D eigenvalue weighted by atomic mass is 32.1. The van der Waals surface area contributed by atoms with Crippen LogP contribution in [0.5, 0.6) is 0 Å². The summed E-state index contributed by atoms with van der Waals surface area (Å²) < 4.78 is 5.39. The van der Waals surface area contributed by atoms with Gasteiger partial charge >= 0.3 is 5.97 Å². The summed E-state index contributed by atoms with van der Waals surface area (Å²) in [6.07, 6.45) is 12.9. The van der Waals surface area contributed by atoms with Gasteiger partial charge in [0.25, 0.3) is 0 Å². The highest BCUT2D eigenvalue weighted by Crippen LogP contribution is 2.13. The highest BCUT2D eigenvalue weighted by Gasteiger charge is 2.34. The van der Waals surface area contributed by atoms with Crippen molar-refractivity contribution >= 4 is 35.1 Å². The molecule has 0 saturated carbocycles. The van der Waals surface area contributed by atoms with E-state index in [9.17, 15) is 14.4 Å². The second kappa shape index (κ2) is 17.9. The van der Waals surface area contributed by atoms with Crippen LogP contribution in [0, 0.1) is 0 Å². The molecule has 2 amide bonds. The molecule has 0 aliphatic carbocycles. The van der Waals surface area contributed by atoms with Crippen LogP contribution in [0.1, 0.15) is 89.5 Å². The molecule has 36 heavy (non-hydrogen) atoms.